The molecule has 6 heteroatoms. The smallest absolute Gasteiger partial charge is 0.160 e. The molecule has 0 radical (unpaired) electrons. The highest BCUT2D eigenvalue weighted by atomic mass is 15.0. The van der Waals surface area contributed by atoms with Crippen molar-refractivity contribution < 1.29 is 0 Å². The van der Waals surface area contributed by atoms with Crippen LogP contribution in [0.25, 0.3) is 188 Å². The van der Waals surface area contributed by atoms with E-state index in [1.54, 1.807) is 0 Å². The van der Waals surface area contributed by atoms with Crippen molar-refractivity contribution in [3.63, 3.8) is 0 Å². The third-order valence-electron chi connectivity index (χ3n) is 19.4. The van der Waals surface area contributed by atoms with Crippen LogP contribution in [0.5, 0.6) is 0 Å². The number of nitrogens with zero attached hydrogens (tertiary/aromatic N) is 6. The second kappa shape index (κ2) is 19.6. The number of aromatic nitrogens is 6. The Morgan fingerprint density at radius 2 is 0.554 bits per heavy atom. The summed E-state index contributed by atoms with van der Waals surface area (Å²) in [6.07, 6.45) is 0. The molecule has 19 aromatic rings. The van der Waals surface area contributed by atoms with E-state index in [4.69, 9.17) is 9.97 Å². The number of benzene rings is 14. The van der Waals surface area contributed by atoms with Gasteiger partial charge in [0.05, 0.1) is 55.5 Å². The molecule has 0 saturated carbocycles. The molecule has 0 aliphatic heterocycles. The highest BCUT2D eigenvalue weighted by Crippen LogP contribution is 2.51. The summed E-state index contributed by atoms with van der Waals surface area (Å²) in [7, 11) is 0. The van der Waals surface area contributed by atoms with Crippen LogP contribution in [0.2, 0.25) is 0 Å². The Morgan fingerprint density at radius 1 is 0.207 bits per heavy atom. The first-order valence-electron chi connectivity index (χ1n) is 31.5. The van der Waals surface area contributed by atoms with Gasteiger partial charge in [0, 0.05) is 88.1 Å². The summed E-state index contributed by atoms with van der Waals surface area (Å²) in [6.45, 7) is 0. The van der Waals surface area contributed by atoms with Gasteiger partial charge in [0.2, 0.25) is 0 Å². The van der Waals surface area contributed by atoms with Gasteiger partial charge in [-0.15, -0.1) is 0 Å². The third kappa shape index (κ3) is 7.43. The number of hydrogen-bond acceptors (Lipinski definition) is 2. The van der Waals surface area contributed by atoms with Crippen LogP contribution in [-0.4, -0.2) is 28.2 Å². The first-order valence-corrected chi connectivity index (χ1v) is 31.5. The van der Waals surface area contributed by atoms with E-state index in [-0.39, 0.29) is 0 Å². The molecule has 0 saturated heterocycles. The van der Waals surface area contributed by atoms with Crippen LogP contribution in [0.3, 0.4) is 0 Å². The van der Waals surface area contributed by atoms with Crippen molar-refractivity contribution in [3.05, 3.63) is 315 Å². The van der Waals surface area contributed by atoms with Crippen LogP contribution in [0.4, 0.5) is 0 Å². The number of fused-ring (bicyclic) bond motifs is 15. The van der Waals surface area contributed by atoms with Gasteiger partial charge in [0.25, 0.3) is 0 Å². The molecule has 92 heavy (non-hydrogen) atoms. The highest BCUT2D eigenvalue weighted by molar-refractivity contribution is 6.18. The van der Waals surface area contributed by atoms with E-state index in [9.17, 15) is 0 Å². The summed E-state index contributed by atoms with van der Waals surface area (Å²) in [5, 5.41) is 12.0. The predicted molar refractivity (Wildman–Crippen MR) is 383 cm³/mol. The van der Waals surface area contributed by atoms with Crippen molar-refractivity contribution in [2.45, 2.75) is 0 Å². The Kier molecular flexibility index (Phi) is 10.8. The van der Waals surface area contributed by atoms with Gasteiger partial charge < -0.3 is 18.3 Å². The van der Waals surface area contributed by atoms with Crippen LogP contribution in [0, 0.1) is 0 Å². The molecule has 6 nitrogen and oxygen atoms in total. The Labute approximate surface area is 528 Å². The summed E-state index contributed by atoms with van der Waals surface area (Å²) >= 11 is 0. The number of hydrogen-bond donors (Lipinski definition) is 0. The third-order valence-corrected chi connectivity index (χ3v) is 19.4. The van der Waals surface area contributed by atoms with Crippen molar-refractivity contribution in [2.24, 2.45) is 0 Å². The second-order valence-corrected chi connectivity index (χ2v) is 24.4. The zero-order valence-corrected chi connectivity index (χ0v) is 49.7. The monoisotopic (exact) mass is 1170 g/mol. The van der Waals surface area contributed by atoms with Crippen molar-refractivity contribution >= 4 is 98.0 Å². The predicted octanol–water partition coefficient (Wildman–Crippen LogP) is 22.3. The molecule has 0 bridgehead atoms. The first-order chi connectivity index (χ1) is 45.6. The fraction of sp³-hybridized carbons (Fsp3) is 0. The molecule has 0 unspecified atom stereocenters. The van der Waals surface area contributed by atoms with E-state index in [1.165, 1.54) is 92.6 Å². The van der Waals surface area contributed by atoms with Crippen molar-refractivity contribution in [3.8, 4) is 90.0 Å². The van der Waals surface area contributed by atoms with Crippen molar-refractivity contribution in [1.82, 2.24) is 28.2 Å². The zero-order valence-electron chi connectivity index (χ0n) is 49.7. The molecule has 0 amide bonds. The van der Waals surface area contributed by atoms with E-state index in [0.717, 1.165) is 89.6 Å². The first kappa shape index (κ1) is 50.6. The van der Waals surface area contributed by atoms with E-state index >= 15 is 0 Å². The maximum absolute atomic E-state index is 5.73. The fourth-order valence-corrected chi connectivity index (χ4v) is 15.5. The SMILES string of the molecule is c1ccc(-c2nc(-c3cc(-n4c5ccccc5c5cc(-c6ccc7c(c6)c6ccccc6n7-c6ccccc6)ccc54)cc(-n4c5ccccc5c5cc(-c6ccc7c(c6)c6ccccc6n7-c6ccccc6)ccc54)c3)nc3c2-c2cccc4cccc-3c24)cc1. The molecule has 0 spiro atoms. The van der Waals surface area contributed by atoms with E-state index in [2.05, 4.69) is 334 Å². The molecule has 5 heterocycles. The highest BCUT2D eigenvalue weighted by Gasteiger charge is 2.29. The molecular weight excluding hydrogens is 1120 g/mol. The lowest BCUT2D eigenvalue weighted by atomic mass is 9.99. The second-order valence-electron chi connectivity index (χ2n) is 24.4. The lowest BCUT2D eigenvalue weighted by Gasteiger charge is -2.17. The Bertz CT molecular complexity index is 6000. The van der Waals surface area contributed by atoms with Crippen LogP contribution < -0.4 is 0 Å². The Morgan fingerprint density at radius 3 is 0.978 bits per heavy atom. The lowest BCUT2D eigenvalue weighted by Crippen LogP contribution is -2.02. The van der Waals surface area contributed by atoms with Crippen molar-refractivity contribution in [2.75, 3.05) is 0 Å². The zero-order chi connectivity index (χ0) is 60.1. The van der Waals surface area contributed by atoms with Gasteiger partial charge in [-0.3, -0.25) is 0 Å². The topological polar surface area (TPSA) is 45.5 Å². The van der Waals surface area contributed by atoms with Gasteiger partial charge in [-0.25, -0.2) is 9.97 Å². The summed E-state index contributed by atoms with van der Waals surface area (Å²) in [4.78, 5) is 11.4. The normalized spacial score (nSPS) is 12.1. The molecular formula is C86H52N6. The van der Waals surface area contributed by atoms with Gasteiger partial charge in [0.1, 0.15) is 0 Å². The van der Waals surface area contributed by atoms with Gasteiger partial charge in [-0.05, 0) is 154 Å². The Balaban J connectivity index is 0.805. The van der Waals surface area contributed by atoms with E-state index in [0.29, 0.717) is 5.82 Å². The quantitative estimate of drug-likeness (QED) is 0.152. The standard InChI is InChI=1S/C86H52N6/c1-4-20-54(21-5-1)84-83-68-32-18-22-53-23-19-33-69(82(53)68)85(83)88-86(87-84)59-46-62(91-76-36-16-12-30-66(76)72-50-57(40-44-80(72)91)55-38-42-78-70(48-55)64-28-10-14-34-74(64)89(78)60-24-6-2-7-25-60)52-63(47-59)92-77-37-17-13-31-67(77)73-51-58(41-45-81(73)92)56-39-43-79-71(49-56)65-29-11-15-35-75(65)90(79)61-26-8-3-9-27-61/h1-52H. The summed E-state index contributed by atoms with van der Waals surface area (Å²) in [5.74, 6) is 0.662. The van der Waals surface area contributed by atoms with E-state index in [1.807, 2.05) is 0 Å². The summed E-state index contributed by atoms with van der Waals surface area (Å²) < 4.78 is 9.68. The number of rotatable bonds is 8. The minimum Gasteiger partial charge on any atom is -0.309 e. The average molecular weight is 1170 g/mol. The van der Waals surface area contributed by atoms with Gasteiger partial charge in [-0.2, -0.15) is 0 Å². The molecule has 0 N–H and O–H groups in total. The fourth-order valence-electron chi connectivity index (χ4n) is 15.5. The minimum atomic E-state index is 0.662. The molecule has 14 aromatic carbocycles. The van der Waals surface area contributed by atoms with Gasteiger partial charge in [0.15, 0.2) is 5.82 Å². The van der Waals surface area contributed by atoms with E-state index < -0.39 is 0 Å². The van der Waals surface area contributed by atoms with Crippen LogP contribution >= 0.6 is 0 Å². The summed E-state index contributed by atoms with van der Waals surface area (Å²) in [5.41, 5.74) is 25.4. The van der Waals surface area contributed by atoms with Crippen LogP contribution in [0.1, 0.15) is 0 Å². The Hall–Kier alpha value is -12.4. The average Bonchev–Trinajstić information content (AvgIpc) is 1.58. The molecule has 20 rings (SSSR count). The van der Waals surface area contributed by atoms with Crippen molar-refractivity contribution in [1.29, 1.82) is 0 Å². The lowest BCUT2D eigenvalue weighted by molar-refractivity contribution is 1.12. The summed E-state index contributed by atoms with van der Waals surface area (Å²) in [6, 6.07) is 115. The maximum Gasteiger partial charge on any atom is 0.160 e. The maximum atomic E-state index is 5.73. The van der Waals surface area contributed by atoms with Crippen LogP contribution in [-0.2, 0) is 0 Å². The minimum absolute atomic E-state index is 0.662. The molecule has 426 valence electrons. The molecule has 0 fully saturated rings. The van der Waals surface area contributed by atoms with Gasteiger partial charge in [-0.1, -0.05) is 200 Å². The largest absolute Gasteiger partial charge is 0.309 e. The molecule has 1 aliphatic rings. The number of para-hydroxylation sites is 6. The van der Waals surface area contributed by atoms with Crippen LogP contribution in [0.15, 0.2) is 315 Å². The molecule has 5 aromatic heterocycles. The molecule has 0 atom stereocenters. The van der Waals surface area contributed by atoms with Gasteiger partial charge >= 0.3 is 0 Å². The molecule has 1 aliphatic carbocycles.